The van der Waals surface area contributed by atoms with Crippen molar-refractivity contribution in [3.8, 4) is 0 Å². The maximum atomic E-state index is 11.7. The molecule has 0 spiro atoms. The van der Waals surface area contributed by atoms with Crippen molar-refractivity contribution in [2.75, 3.05) is 6.54 Å². The summed E-state index contributed by atoms with van der Waals surface area (Å²) in [5.41, 5.74) is 13.6. The van der Waals surface area contributed by atoms with Gasteiger partial charge in [0.2, 0.25) is 0 Å². The number of carboxylic acids is 1. The Morgan fingerprint density at radius 1 is 1.65 bits per heavy atom. The minimum Gasteiger partial charge on any atom is -0.480 e. The maximum absolute atomic E-state index is 11.7. The zero-order valence-electron chi connectivity index (χ0n) is 9.24. The summed E-state index contributed by atoms with van der Waals surface area (Å²) >= 11 is 0. The summed E-state index contributed by atoms with van der Waals surface area (Å²) < 4.78 is 0. The SMILES string of the molecule is [N-]=[N+]=NC1CNC(C(=O)CC[C@H](N)C(=O)O)C1. The smallest absolute Gasteiger partial charge is 0.320 e. The van der Waals surface area contributed by atoms with Crippen molar-refractivity contribution >= 4 is 11.8 Å². The zero-order valence-corrected chi connectivity index (χ0v) is 9.24. The van der Waals surface area contributed by atoms with E-state index in [2.05, 4.69) is 15.3 Å². The van der Waals surface area contributed by atoms with E-state index in [4.69, 9.17) is 16.4 Å². The molecule has 17 heavy (non-hydrogen) atoms. The molecule has 4 N–H and O–H groups in total. The number of Topliss-reactive ketones (excluding diaryl/α,β-unsaturated/α-hetero) is 1. The molecule has 8 nitrogen and oxygen atoms in total. The number of rotatable bonds is 6. The highest BCUT2D eigenvalue weighted by Gasteiger charge is 2.28. The number of carbonyl (C=O) groups excluding carboxylic acids is 1. The first kappa shape index (κ1) is 13.4. The second-order valence-electron chi connectivity index (χ2n) is 4.00. The number of ketones is 1. The number of aliphatic carboxylic acids is 1. The third-order valence-electron chi connectivity index (χ3n) is 2.73. The minimum absolute atomic E-state index is 0.0858. The van der Waals surface area contributed by atoms with Gasteiger partial charge in [-0.2, -0.15) is 0 Å². The quantitative estimate of drug-likeness (QED) is 0.335. The normalized spacial score (nSPS) is 25.0. The maximum Gasteiger partial charge on any atom is 0.320 e. The van der Waals surface area contributed by atoms with E-state index in [-0.39, 0.29) is 30.7 Å². The topological polar surface area (TPSA) is 141 Å². The lowest BCUT2D eigenvalue weighted by molar-refractivity contribution is -0.138. The number of hydrogen-bond donors (Lipinski definition) is 3. The Balaban J connectivity index is 2.34. The molecule has 2 unspecified atom stereocenters. The van der Waals surface area contributed by atoms with Crippen LogP contribution in [0.3, 0.4) is 0 Å². The van der Waals surface area contributed by atoms with Crippen molar-refractivity contribution in [1.29, 1.82) is 0 Å². The number of hydrogen-bond acceptors (Lipinski definition) is 5. The summed E-state index contributed by atoms with van der Waals surface area (Å²) in [6.45, 7) is 0.478. The number of azide groups is 1. The summed E-state index contributed by atoms with van der Waals surface area (Å²) in [6.07, 6.45) is 0.706. The van der Waals surface area contributed by atoms with Crippen LogP contribution in [-0.2, 0) is 9.59 Å². The molecule has 0 amide bonds. The highest BCUT2D eigenvalue weighted by atomic mass is 16.4. The molecule has 8 heteroatoms. The largest absolute Gasteiger partial charge is 0.480 e. The molecule has 3 atom stereocenters. The van der Waals surface area contributed by atoms with E-state index in [1.807, 2.05) is 0 Å². The van der Waals surface area contributed by atoms with Crippen molar-refractivity contribution < 1.29 is 14.7 Å². The van der Waals surface area contributed by atoms with Gasteiger partial charge in [-0.05, 0) is 18.4 Å². The van der Waals surface area contributed by atoms with Crippen LogP contribution in [0, 0.1) is 0 Å². The van der Waals surface area contributed by atoms with Gasteiger partial charge < -0.3 is 16.2 Å². The van der Waals surface area contributed by atoms with Gasteiger partial charge in [0.1, 0.15) is 11.8 Å². The molecule has 1 aliphatic heterocycles. The summed E-state index contributed by atoms with van der Waals surface area (Å²) in [6, 6.07) is -1.57. The highest BCUT2D eigenvalue weighted by Crippen LogP contribution is 2.13. The minimum atomic E-state index is -1.11. The molecule has 1 aliphatic rings. The molecular weight excluding hydrogens is 226 g/mol. The van der Waals surface area contributed by atoms with E-state index < -0.39 is 12.0 Å². The molecule has 1 heterocycles. The molecule has 0 bridgehead atoms. The van der Waals surface area contributed by atoms with E-state index in [9.17, 15) is 9.59 Å². The molecule has 0 aromatic rings. The standard InChI is InChI=1S/C9H15N5O3/c10-6(9(16)17)1-2-8(15)7-3-5(4-12-7)13-14-11/h5-7,12H,1-4,10H2,(H,16,17)/t5?,6-,7?/m0/s1. The van der Waals surface area contributed by atoms with Gasteiger partial charge in [0.15, 0.2) is 0 Å². The summed E-state index contributed by atoms with van der Waals surface area (Å²) in [5.74, 6) is -1.19. The zero-order chi connectivity index (χ0) is 12.8. The molecule has 1 rings (SSSR count). The lowest BCUT2D eigenvalue weighted by atomic mass is 10.0. The second kappa shape index (κ2) is 6.19. The second-order valence-corrected chi connectivity index (χ2v) is 4.00. The van der Waals surface area contributed by atoms with Gasteiger partial charge in [-0.15, -0.1) is 0 Å². The van der Waals surface area contributed by atoms with E-state index in [0.29, 0.717) is 13.0 Å². The Morgan fingerprint density at radius 3 is 2.94 bits per heavy atom. The van der Waals surface area contributed by atoms with Gasteiger partial charge in [0.05, 0.1) is 12.1 Å². The molecule has 0 aromatic heterocycles. The molecule has 0 radical (unpaired) electrons. The number of carbonyl (C=O) groups is 2. The number of nitrogens with two attached hydrogens (primary N) is 1. The molecule has 94 valence electrons. The Labute approximate surface area is 97.8 Å². The highest BCUT2D eigenvalue weighted by molar-refractivity contribution is 5.85. The molecule has 0 saturated carbocycles. The average Bonchev–Trinajstić information content (AvgIpc) is 2.74. The van der Waals surface area contributed by atoms with Gasteiger partial charge in [-0.3, -0.25) is 9.59 Å². The van der Waals surface area contributed by atoms with Gasteiger partial charge in [0.25, 0.3) is 0 Å². The third kappa shape index (κ3) is 4.03. The molecule has 0 aromatic carbocycles. The van der Waals surface area contributed by atoms with Crippen LogP contribution in [0.5, 0.6) is 0 Å². The predicted octanol–water partition coefficient (Wildman–Crippen LogP) is -0.212. The Kier molecular flexibility index (Phi) is 4.89. The predicted molar refractivity (Wildman–Crippen MR) is 59.2 cm³/mol. The van der Waals surface area contributed by atoms with Crippen LogP contribution in [0.25, 0.3) is 10.4 Å². The number of carboxylic acid groups (broad SMARTS) is 1. The van der Waals surface area contributed by atoms with Crippen molar-refractivity contribution in [3.05, 3.63) is 10.4 Å². The van der Waals surface area contributed by atoms with Crippen molar-refractivity contribution in [3.63, 3.8) is 0 Å². The fourth-order valence-corrected chi connectivity index (χ4v) is 1.72. The summed E-state index contributed by atoms with van der Waals surface area (Å²) in [4.78, 5) is 24.8. The average molecular weight is 241 g/mol. The number of nitrogens with one attached hydrogen (secondary N) is 1. The van der Waals surface area contributed by atoms with Crippen molar-refractivity contribution in [1.82, 2.24) is 5.32 Å². The van der Waals surface area contributed by atoms with Crippen LogP contribution in [0.2, 0.25) is 0 Å². The monoisotopic (exact) mass is 241 g/mol. The van der Waals surface area contributed by atoms with E-state index in [1.54, 1.807) is 0 Å². The Morgan fingerprint density at radius 2 is 2.35 bits per heavy atom. The summed E-state index contributed by atoms with van der Waals surface area (Å²) in [7, 11) is 0. The van der Waals surface area contributed by atoms with Crippen LogP contribution in [0.15, 0.2) is 5.11 Å². The first-order valence-electron chi connectivity index (χ1n) is 5.33. The van der Waals surface area contributed by atoms with Gasteiger partial charge in [-0.1, -0.05) is 5.11 Å². The van der Waals surface area contributed by atoms with Crippen molar-refractivity contribution in [2.45, 2.75) is 37.4 Å². The van der Waals surface area contributed by atoms with Crippen molar-refractivity contribution in [2.24, 2.45) is 10.8 Å². The van der Waals surface area contributed by atoms with Gasteiger partial charge in [0, 0.05) is 17.9 Å². The van der Waals surface area contributed by atoms with E-state index >= 15 is 0 Å². The molecule has 0 aliphatic carbocycles. The lowest BCUT2D eigenvalue weighted by Crippen LogP contribution is -2.34. The molecule has 1 fully saturated rings. The van der Waals surface area contributed by atoms with Gasteiger partial charge in [-0.25, -0.2) is 0 Å². The molecule has 1 saturated heterocycles. The van der Waals surface area contributed by atoms with Crippen LogP contribution < -0.4 is 11.1 Å². The Bertz CT molecular complexity index is 353. The molecular formula is C9H15N5O3. The van der Waals surface area contributed by atoms with Crippen LogP contribution >= 0.6 is 0 Å². The fourth-order valence-electron chi connectivity index (χ4n) is 1.72. The van der Waals surface area contributed by atoms with Crippen LogP contribution in [-0.4, -0.2) is 41.5 Å². The van der Waals surface area contributed by atoms with Gasteiger partial charge >= 0.3 is 5.97 Å². The van der Waals surface area contributed by atoms with Crippen LogP contribution in [0.1, 0.15) is 19.3 Å². The van der Waals surface area contributed by atoms with Crippen LogP contribution in [0.4, 0.5) is 0 Å². The fraction of sp³-hybridized carbons (Fsp3) is 0.778. The number of nitrogens with zero attached hydrogens (tertiary/aromatic N) is 3. The van der Waals surface area contributed by atoms with E-state index in [0.717, 1.165) is 0 Å². The van der Waals surface area contributed by atoms with E-state index in [1.165, 1.54) is 0 Å². The third-order valence-corrected chi connectivity index (χ3v) is 2.73. The first-order chi connectivity index (χ1) is 8.04. The first-order valence-corrected chi connectivity index (χ1v) is 5.33. The lowest BCUT2D eigenvalue weighted by Gasteiger charge is -2.10. The Hall–Kier alpha value is -1.63. The summed E-state index contributed by atoms with van der Waals surface area (Å²) in [5, 5.41) is 15.0.